The van der Waals surface area contributed by atoms with Crippen molar-refractivity contribution in [2.45, 2.75) is 113 Å². The van der Waals surface area contributed by atoms with Gasteiger partial charge >= 0.3 is 11.9 Å². The van der Waals surface area contributed by atoms with Gasteiger partial charge < -0.3 is 28.7 Å². The third-order valence-electron chi connectivity index (χ3n) is 10.7. The molecule has 0 amide bonds. The maximum atomic E-state index is 13.3. The van der Waals surface area contributed by atoms with E-state index in [1.54, 1.807) is 35.8 Å². The molecule has 2 saturated carbocycles. The summed E-state index contributed by atoms with van der Waals surface area (Å²) >= 11 is 0. The van der Waals surface area contributed by atoms with Crippen LogP contribution in [0.4, 0.5) is 0 Å². The number of hydrogen-bond acceptors (Lipinski definition) is 10. The average Bonchev–Trinajstić information content (AvgIpc) is 3.14. The van der Waals surface area contributed by atoms with Gasteiger partial charge in [-0.2, -0.15) is 0 Å². The van der Waals surface area contributed by atoms with Crippen LogP contribution in [0.25, 0.3) is 0 Å². The van der Waals surface area contributed by atoms with Crippen molar-refractivity contribution < 1.29 is 28.5 Å². The smallest absolute Gasteiger partial charge is 0.306 e. The van der Waals surface area contributed by atoms with Gasteiger partial charge in [-0.3, -0.25) is 9.59 Å². The summed E-state index contributed by atoms with van der Waals surface area (Å²) in [5.41, 5.74) is 1.42. The highest BCUT2D eigenvalue weighted by Gasteiger charge is 2.45. The molecule has 2 aromatic rings. The Hall–Kier alpha value is -2.40. The molecule has 2 unspecified atom stereocenters. The molecule has 0 radical (unpaired) electrons. The van der Waals surface area contributed by atoms with Crippen LogP contribution >= 0.6 is 21.6 Å². The zero-order valence-electron chi connectivity index (χ0n) is 32.7. The van der Waals surface area contributed by atoms with Gasteiger partial charge in [0, 0.05) is 49.3 Å². The quantitative estimate of drug-likeness (QED) is 0.0700. The predicted molar refractivity (Wildman–Crippen MR) is 216 cm³/mol. The van der Waals surface area contributed by atoms with E-state index in [0.29, 0.717) is 12.8 Å². The Kier molecular flexibility index (Phi) is 17.5. The lowest BCUT2D eigenvalue weighted by atomic mass is 9.72. The third kappa shape index (κ3) is 12.6. The van der Waals surface area contributed by atoms with Crippen molar-refractivity contribution in [1.29, 1.82) is 0 Å². The second kappa shape index (κ2) is 21.5. The van der Waals surface area contributed by atoms with E-state index < -0.39 is 11.2 Å². The second-order valence-electron chi connectivity index (χ2n) is 15.2. The summed E-state index contributed by atoms with van der Waals surface area (Å²) in [6.45, 7) is 1.64. The highest BCUT2D eigenvalue weighted by molar-refractivity contribution is 8.76. The zero-order valence-corrected chi connectivity index (χ0v) is 34.3. The Labute approximate surface area is 321 Å². The molecule has 10 heteroatoms. The van der Waals surface area contributed by atoms with Crippen molar-refractivity contribution in [1.82, 2.24) is 9.80 Å². The zero-order chi connectivity index (χ0) is 37.4. The fraction of sp³-hybridized carbons (Fsp3) is 0.667. The van der Waals surface area contributed by atoms with Crippen LogP contribution in [-0.4, -0.2) is 99.9 Å². The van der Waals surface area contributed by atoms with E-state index in [0.717, 1.165) is 100 Å². The van der Waals surface area contributed by atoms with Crippen molar-refractivity contribution in [3.8, 4) is 11.5 Å². The monoisotopic (exact) mass is 756 g/mol. The van der Waals surface area contributed by atoms with Gasteiger partial charge in [0.2, 0.25) is 0 Å². The summed E-state index contributed by atoms with van der Waals surface area (Å²) < 4.78 is 23.8. The minimum Gasteiger partial charge on any atom is -0.497 e. The summed E-state index contributed by atoms with van der Waals surface area (Å²) in [4.78, 5) is 31.1. The number of methoxy groups -OCH3 is 2. The van der Waals surface area contributed by atoms with E-state index in [-0.39, 0.29) is 23.8 Å². The number of rotatable bonds is 21. The van der Waals surface area contributed by atoms with Gasteiger partial charge in [0.05, 0.1) is 14.2 Å². The van der Waals surface area contributed by atoms with Gasteiger partial charge in [-0.15, -0.1) is 0 Å². The van der Waals surface area contributed by atoms with E-state index >= 15 is 0 Å². The lowest BCUT2D eigenvalue weighted by Crippen LogP contribution is -2.46. The Morgan fingerprint density at radius 1 is 0.596 bits per heavy atom. The van der Waals surface area contributed by atoms with Gasteiger partial charge in [0.15, 0.2) is 0 Å². The summed E-state index contributed by atoms with van der Waals surface area (Å²) in [7, 11) is 15.3. The minimum atomic E-state index is -0.484. The van der Waals surface area contributed by atoms with E-state index in [4.69, 9.17) is 18.9 Å². The molecule has 0 spiro atoms. The Morgan fingerprint density at radius 2 is 0.942 bits per heavy atom. The second-order valence-corrected chi connectivity index (χ2v) is 17.9. The first kappa shape index (κ1) is 42.3. The van der Waals surface area contributed by atoms with Gasteiger partial charge in [0.25, 0.3) is 0 Å². The van der Waals surface area contributed by atoms with Crippen molar-refractivity contribution in [3.05, 3.63) is 59.7 Å². The lowest BCUT2D eigenvalue weighted by Gasteiger charge is -2.44. The number of esters is 2. The summed E-state index contributed by atoms with van der Waals surface area (Å²) in [5.74, 6) is 3.42. The highest BCUT2D eigenvalue weighted by Crippen LogP contribution is 2.45. The Morgan fingerprint density at radius 3 is 1.25 bits per heavy atom. The highest BCUT2D eigenvalue weighted by atomic mass is 33.1. The number of benzene rings is 2. The van der Waals surface area contributed by atoms with Gasteiger partial charge in [0.1, 0.15) is 22.7 Å². The molecular formula is C42H64N2O6S2. The summed E-state index contributed by atoms with van der Waals surface area (Å²) in [6.07, 6.45) is 12.7. The fourth-order valence-electron chi connectivity index (χ4n) is 8.12. The number of likely N-dealkylation sites (N-methyl/N-ethyl adjacent to an activating group) is 2. The molecule has 0 aliphatic heterocycles. The molecule has 52 heavy (non-hydrogen) atoms. The normalized spacial score (nSPS) is 18.1. The maximum Gasteiger partial charge on any atom is 0.306 e. The average molecular weight is 757 g/mol. The molecule has 2 atom stereocenters. The van der Waals surface area contributed by atoms with Gasteiger partial charge in [-0.1, -0.05) is 58.7 Å². The van der Waals surface area contributed by atoms with Crippen LogP contribution in [-0.2, 0) is 19.1 Å². The van der Waals surface area contributed by atoms with Crippen LogP contribution in [0.5, 0.6) is 11.5 Å². The first-order valence-corrected chi connectivity index (χ1v) is 21.8. The number of carbonyl (C=O) groups excluding carboxylic acids is 2. The standard InChI is InChI=1S/C42H64N2O6S2/c1-43(2)31-37(33-17-21-35(47-5)22-18-33)41(25-9-7-10-26-41)49-39(45)15-13-29-51-52-30-14-16-40(46)50-42(27-11-8-12-28-42)38(32-44(3)4)34-19-23-36(48-6)24-20-34/h17-24,37-38H,7-16,25-32H2,1-6H3. The van der Waals surface area contributed by atoms with Gasteiger partial charge in [-0.05, 0) is 128 Å². The van der Waals surface area contributed by atoms with E-state index in [1.165, 1.54) is 24.0 Å². The lowest BCUT2D eigenvalue weighted by molar-refractivity contribution is -0.168. The summed E-state index contributed by atoms with van der Waals surface area (Å²) in [5, 5.41) is 0. The van der Waals surface area contributed by atoms with E-state index in [2.05, 4.69) is 62.3 Å². The third-order valence-corrected chi connectivity index (χ3v) is 13.3. The first-order valence-electron chi connectivity index (χ1n) is 19.4. The van der Waals surface area contributed by atoms with Gasteiger partial charge in [-0.25, -0.2) is 0 Å². The number of hydrogen-bond donors (Lipinski definition) is 0. The number of carbonyl (C=O) groups is 2. The van der Waals surface area contributed by atoms with Crippen LogP contribution in [0.3, 0.4) is 0 Å². The largest absolute Gasteiger partial charge is 0.497 e. The van der Waals surface area contributed by atoms with Crippen molar-refractivity contribution >= 4 is 33.5 Å². The molecule has 0 heterocycles. The SMILES string of the molecule is COc1ccc(C(CN(C)C)C2(OC(=O)CCCSSCCCC(=O)OC3(C(CN(C)C)c4ccc(OC)cc4)CCCCC3)CCCCC2)cc1. The molecule has 290 valence electrons. The molecule has 2 aliphatic rings. The van der Waals surface area contributed by atoms with E-state index in [9.17, 15) is 9.59 Å². The molecule has 8 nitrogen and oxygen atoms in total. The molecule has 0 N–H and O–H groups in total. The van der Waals surface area contributed by atoms with E-state index in [1.807, 2.05) is 24.3 Å². The molecule has 2 fully saturated rings. The number of ether oxygens (including phenoxy) is 4. The molecule has 2 aromatic carbocycles. The van der Waals surface area contributed by atoms with Crippen LogP contribution < -0.4 is 9.47 Å². The predicted octanol–water partition coefficient (Wildman–Crippen LogP) is 9.13. The molecule has 4 rings (SSSR count). The Balaban J connectivity index is 1.22. The molecular weight excluding hydrogens is 693 g/mol. The minimum absolute atomic E-state index is 0.0913. The fourth-order valence-corrected chi connectivity index (χ4v) is 10.3. The van der Waals surface area contributed by atoms with Crippen LogP contribution in [0.2, 0.25) is 0 Å². The molecule has 2 aliphatic carbocycles. The van der Waals surface area contributed by atoms with Crippen LogP contribution in [0.1, 0.15) is 113 Å². The van der Waals surface area contributed by atoms with Crippen molar-refractivity contribution in [3.63, 3.8) is 0 Å². The van der Waals surface area contributed by atoms with Crippen LogP contribution in [0.15, 0.2) is 48.5 Å². The molecule has 0 bridgehead atoms. The Bertz CT molecular complexity index is 1240. The van der Waals surface area contributed by atoms with Crippen LogP contribution in [0, 0.1) is 0 Å². The maximum absolute atomic E-state index is 13.3. The first-order chi connectivity index (χ1) is 25.1. The molecule has 0 saturated heterocycles. The summed E-state index contributed by atoms with van der Waals surface area (Å²) in [6, 6.07) is 16.5. The van der Waals surface area contributed by atoms with Crippen molar-refractivity contribution in [2.75, 3.05) is 67.0 Å². The molecule has 0 aromatic heterocycles. The number of nitrogens with zero attached hydrogens (tertiary/aromatic N) is 2. The topological polar surface area (TPSA) is 77.5 Å². The van der Waals surface area contributed by atoms with Crippen molar-refractivity contribution in [2.24, 2.45) is 0 Å².